The normalized spacial score (nSPS) is 17.2. The van der Waals surface area contributed by atoms with Gasteiger partial charge in [0.15, 0.2) is 6.23 Å². The van der Waals surface area contributed by atoms with Gasteiger partial charge in [0, 0.05) is 19.0 Å². The zero-order chi connectivity index (χ0) is 18.2. The number of carboxylic acid groups (broad SMARTS) is 1. The van der Waals surface area contributed by atoms with Crippen molar-refractivity contribution in [3.8, 4) is 0 Å². The number of hydrogen-bond donors (Lipinski definition) is 1. The summed E-state index contributed by atoms with van der Waals surface area (Å²) < 4.78 is 45.0. The van der Waals surface area contributed by atoms with Crippen LogP contribution in [0.4, 0.5) is 18.0 Å². The first-order valence-electron chi connectivity index (χ1n) is 7.35. The molecule has 0 fully saturated rings. The van der Waals surface area contributed by atoms with E-state index in [1.54, 1.807) is 0 Å². The number of fused-ring (bicyclic) bond motifs is 1. The van der Waals surface area contributed by atoms with E-state index in [1.807, 2.05) is 0 Å². The molecule has 11 heteroatoms. The second-order valence-corrected chi connectivity index (χ2v) is 5.50. The van der Waals surface area contributed by atoms with Gasteiger partial charge in [-0.2, -0.15) is 18.3 Å². The van der Waals surface area contributed by atoms with Crippen LogP contribution in [0.1, 0.15) is 36.2 Å². The summed E-state index contributed by atoms with van der Waals surface area (Å²) in [5.41, 5.74) is -1.49. The Kier molecular flexibility index (Phi) is 4.23. The van der Waals surface area contributed by atoms with Crippen molar-refractivity contribution in [3.05, 3.63) is 45.9 Å². The maximum Gasteiger partial charge on any atom is 0.507 e. The Bertz CT molecular complexity index is 858. The number of nitrogens with zero attached hydrogens (tertiary/aromatic N) is 4. The number of alkyl halides is 3. The maximum absolute atomic E-state index is 12.7. The monoisotopic (exact) mass is 358 g/mol. The third-order valence-electron chi connectivity index (χ3n) is 3.76. The molecular weight excluding hydrogens is 345 g/mol. The van der Waals surface area contributed by atoms with Gasteiger partial charge in [0.05, 0.1) is 6.54 Å². The number of halogens is 3. The Labute approximate surface area is 138 Å². The van der Waals surface area contributed by atoms with Crippen molar-refractivity contribution in [1.82, 2.24) is 19.3 Å². The van der Waals surface area contributed by atoms with Gasteiger partial charge in [-0.25, -0.2) is 18.8 Å². The molecule has 0 aliphatic carbocycles. The van der Waals surface area contributed by atoms with E-state index >= 15 is 0 Å². The molecule has 2 aromatic heterocycles. The van der Waals surface area contributed by atoms with Crippen molar-refractivity contribution in [1.29, 1.82) is 0 Å². The molecule has 1 atom stereocenters. The fraction of sp³-hybridized carbons (Fsp3) is 0.429. The van der Waals surface area contributed by atoms with Gasteiger partial charge in [-0.05, 0) is 24.1 Å². The van der Waals surface area contributed by atoms with Crippen LogP contribution in [-0.2, 0) is 23.9 Å². The molecule has 1 N–H and O–H groups in total. The lowest BCUT2D eigenvalue weighted by atomic mass is 10.1. The van der Waals surface area contributed by atoms with Gasteiger partial charge in [-0.3, -0.25) is 4.98 Å². The van der Waals surface area contributed by atoms with E-state index in [0.717, 1.165) is 21.5 Å². The van der Waals surface area contributed by atoms with Crippen molar-refractivity contribution in [2.45, 2.75) is 38.2 Å². The smallest absolute Gasteiger partial charge is 0.450 e. The SMILES string of the molecule is O=C(O)O[C@H]1CCCc2nn(Cc3ccnc(C(F)(F)F)c3)c(=O)n21. The minimum absolute atomic E-state index is 0.190. The highest BCUT2D eigenvalue weighted by molar-refractivity contribution is 5.56. The maximum atomic E-state index is 12.7. The van der Waals surface area contributed by atoms with E-state index in [9.17, 15) is 22.8 Å². The molecule has 3 heterocycles. The summed E-state index contributed by atoms with van der Waals surface area (Å²) in [5, 5.41) is 12.8. The van der Waals surface area contributed by atoms with Gasteiger partial charge in [0.2, 0.25) is 0 Å². The van der Waals surface area contributed by atoms with Crippen molar-refractivity contribution in [3.63, 3.8) is 0 Å². The van der Waals surface area contributed by atoms with Crippen LogP contribution in [0.3, 0.4) is 0 Å². The first-order chi connectivity index (χ1) is 11.8. The molecule has 1 aliphatic heterocycles. The molecule has 134 valence electrons. The molecule has 0 spiro atoms. The van der Waals surface area contributed by atoms with Crippen LogP contribution in [0.2, 0.25) is 0 Å². The number of aromatic nitrogens is 4. The lowest BCUT2D eigenvalue weighted by molar-refractivity contribution is -0.141. The first-order valence-corrected chi connectivity index (χ1v) is 7.35. The summed E-state index contributed by atoms with van der Waals surface area (Å²) in [6.07, 6.45) is -4.71. The molecule has 8 nitrogen and oxygen atoms in total. The van der Waals surface area contributed by atoms with Crippen LogP contribution >= 0.6 is 0 Å². The fourth-order valence-corrected chi connectivity index (χ4v) is 2.72. The van der Waals surface area contributed by atoms with Gasteiger partial charge in [-0.15, -0.1) is 0 Å². The number of carbonyl (C=O) groups is 1. The highest BCUT2D eigenvalue weighted by Crippen LogP contribution is 2.28. The summed E-state index contributed by atoms with van der Waals surface area (Å²) in [4.78, 5) is 26.4. The summed E-state index contributed by atoms with van der Waals surface area (Å²) in [5.74, 6) is 0.340. The highest BCUT2D eigenvalue weighted by atomic mass is 19.4. The Morgan fingerprint density at radius 2 is 2.20 bits per heavy atom. The van der Waals surface area contributed by atoms with Crippen molar-refractivity contribution in [2.24, 2.45) is 0 Å². The van der Waals surface area contributed by atoms with Crippen molar-refractivity contribution >= 4 is 6.16 Å². The fourth-order valence-electron chi connectivity index (χ4n) is 2.72. The lowest BCUT2D eigenvalue weighted by Gasteiger charge is -2.21. The predicted molar refractivity (Wildman–Crippen MR) is 75.9 cm³/mol. The standard InChI is InChI=1S/C14H13F3N4O4/c15-14(16,17)9-6-8(4-5-18-9)7-20-12(22)21-10(19-20)2-1-3-11(21)25-13(23)24/h4-6,11H,1-3,7H2,(H,23,24)/t11-/m0/s1. The van der Waals surface area contributed by atoms with Gasteiger partial charge in [0.25, 0.3) is 0 Å². The second kappa shape index (κ2) is 6.22. The molecule has 2 aromatic rings. The molecule has 0 amide bonds. The summed E-state index contributed by atoms with van der Waals surface area (Å²) in [7, 11) is 0. The van der Waals surface area contributed by atoms with Crippen molar-refractivity contribution in [2.75, 3.05) is 0 Å². The molecular formula is C14H13F3N4O4. The Hall–Kier alpha value is -2.85. The van der Waals surface area contributed by atoms with Crippen molar-refractivity contribution < 1.29 is 27.8 Å². The summed E-state index contributed by atoms with van der Waals surface area (Å²) in [6, 6.07) is 2.20. The third-order valence-corrected chi connectivity index (χ3v) is 3.76. The van der Waals surface area contributed by atoms with Crippen LogP contribution in [0, 0.1) is 0 Å². The van der Waals surface area contributed by atoms with E-state index in [-0.39, 0.29) is 12.1 Å². The largest absolute Gasteiger partial charge is 0.507 e. The molecule has 0 bridgehead atoms. The topological polar surface area (TPSA) is 99.2 Å². The van der Waals surface area contributed by atoms with Gasteiger partial charge < -0.3 is 9.84 Å². The molecule has 0 radical (unpaired) electrons. The molecule has 0 saturated carbocycles. The van der Waals surface area contributed by atoms with E-state index in [0.29, 0.717) is 25.1 Å². The quantitative estimate of drug-likeness (QED) is 0.843. The number of ether oxygens (including phenoxy) is 1. The zero-order valence-corrected chi connectivity index (χ0v) is 12.7. The van der Waals surface area contributed by atoms with Gasteiger partial charge in [0.1, 0.15) is 11.5 Å². The molecule has 0 saturated heterocycles. The van der Waals surface area contributed by atoms with E-state index in [2.05, 4.69) is 10.1 Å². The molecule has 0 aromatic carbocycles. The van der Waals surface area contributed by atoms with Crippen LogP contribution < -0.4 is 5.69 Å². The molecule has 1 aliphatic rings. The average Bonchev–Trinajstić information content (AvgIpc) is 2.83. The van der Waals surface area contributed by atoms with E-state index < -0.39 is 29.9 Å². The molecule has 3 rings (SSSR count). The summed E-state index contributed by atoms with van der Waals surface area (Å²) in [6.45, 7) is -0.190. The Balaban J connectivity index is 1.92. The summed E-state index contributed by atoms with van der Waals surface area (Å²) >= 11 is 0. The number of rotatable bonds is 3. The first kappa shape index (κ1) is 17.0. The Morgan fingerprint density at radius 1 is 1.44 bits per heavy atom. The highest BCUT2D eigenvalue weighted by Gasteiger charge is 2.33. The second-order valence-electron chi connectivity index (χ2n) is 5.50. The number of hydrogen-bond acceptors (Lipinski definition) is 5. The third kappa shape index (κ3) is 3.49. The predicted octanol–water partition coefficient (Wildman–Crippen LogP) is 2.04. The Morgan fingerprint density at radius 3 is 2.88 bits per heavy atom. The number of aryl methyl sites for hydroxylation is 1. The molecule has 25 heavy (non-hydrogen) atoms. The minimum atomic E-state index is -4.59. The zero-order valence-electron chi connectivity index (χ0n) is 12.7. The molecule has 0 unspecified atom stereocenters. The van der Waals surface area contributed by atoms with Crippen LogP contribution in [-0.4, -0.2) is 30.6 Å². The van der Waals surface area contributed by atoms with Crippen LogP contribution in [0.25, 0.3) is 0 Å². The lowest BCUT2D eigenvalue weighted by Crippen LogP contribution is -2.33. The van der Waals surface area contributed by atoms with E-state index in [1.165, 1.54) is 6.07 Å². The van der Waals surface area contributed by atoms with Crippen LogP contribution in [0.5, 0.6) is 0 Å². The average molecular weight is 358 g/mol. The van der Waals surface area contributed by atoms with Gasteiger partial charge in [-0.1, -0.05) is 0 Å². The van der Waals surface area contributed by atoms with Crippen LogP contribution in [0.15, 0.2) is 23.1 Å². The van der Waals surface area contributed by atoms with Gasteiger partial charge >= 0.3 is 18.0 Å². The minimum Gasteiger partial charge on any atom is -0.450 e. The van der Waals surface area contributed by atoms with E-state index in [4.69, 9.17) is 9.84 Å². The number of pyridine rings is 1.